The van der Waals surface area contributed by atoms with Gasteiger partial charge < -0.3 is 5.73 Å². The van der Waals surface area contributed by atoms with Crippen LogP contribution in [-0.2, 0) is 11.2 Å². The molecule has 1 atom stereocenters. The van der Waals surface area contributed by atoms with Crippen LogP contribution in [0.15, 0.2) is 11.6 Å². The summed E-state index contributed by atoms with van der Waals surface area (Å²) < 4.78 is 0. The van der Waals surface area contributed by atoms with Crippen LogP contribution in [0.25, 0.3) is 0 Å². The molecule has 0 saturated heterocycles. The molecule has 1 rings (SSSR count). The summed E-state index contributed by atoms with van der Waals surface area (Å²) in [4.78, 5) is 15.6. The van der Waals surface area contributed by atoms with Gasteiger partial charge in [0.15, 0.2) is 0 Å². The second-order valence-electron chi connectivity index (χ2n) is 2.91. The molecule has 1 unspecified atom stereocenters. The average Bonchev–Trinajstić information content (AvgIpc) is 2.59. The Morgan fingerprint density at radius 2 is 2.54 bits per heavy atom. The van der Waals surface area contributed by atoms with E-state index in [9.17, 15) is 4.79 Å². The third kappa shape index (κ3) is 2.90. The van der Waals surface area contributed by atoms with E-state index >= 15 is 0 Å². The number of carbonyl (C=O) groups is 1. The summed E-state index contributed by atoms with van der Waals surface area (Å²) in [6.45, 7) is 2.43. The van der Waals surface area contributed by atoms with Crippen molar-refractivity contribution >= 4 is 17.1 Å². The molecule has 1 aromatic heterocycles. The van der Waals surface area contributed by atoms with E-state index in [0.717, 1.165) is 11.4 Å². The average molecular weight is 198 g/mol. The van der Waals surface area contributed by atoms with Crippen LogP contribution in [0, 0.1) is 5.92 Å². The third-order valence-electron chi connectivity index (χ3n) is 2.04. The largest absolute Gasteiger partial charge is 0.330 e. The van der Waals surface area contributed by atoms with Crippen molar-refractivity contribution in [2.75, 3.05) is 6.54 Å². The quantitative estimate of drug-likeness (QED) is 0.774. The van der Waals surface area contributed by atoms with Crippen molar-refractivity contribution < 1.29 is 4.79 Å². The summed E-state index contributed by atoms with van der Waals surface area (Å²) in [5.41, 5.74) is 5.48. The van der Waals surface area contributed by atoms with Gasteiger partial charge in [0, 0.05) is 24.0 Å². The van der Waals surface area contributed by atoms with Crippen molar-refractivity contribution in [3.8, 4) is 0 Å². The first-order valence-electron chi connectivity index (χ1n) is 4.39. The molecule has 3 nitrogen and oxygen atoms in total. The van der Waals surface area contributed by atoms with E-state index in [0.29, 0.717) is 13.0 Å². The summed E-state index contributed by atoms with van der Waals surface area (Å²) in [5.74, 6) is 0.212. The van der Waals surface area contributed by atoms with Crippen LogP contribution in [0.2, 0.25) is 0 Å². The Hall–Kier alpha value is -0.740. The zero-order chi connectivity index (χ0) is 9.68. The minimum atomic E-state index is 0.00361. The van der Waals surface area contributed by atoms with E-state index in [1.165, 1.54) is 11.3 Å². The number of aromatic nitrogens is 1. The maximum atomic E-state index is 11.6. The third-order valence-corrected chi connectivity index (χ3v) is 2.82. The van der Waals surface area contributed by atoms with Crippen LogP contribution in [0.1, 0.15) is 18.4 Å². The van der Waals surface area contributed by atoms with Crippen molar-refractivity contribution in [3.05, 3.63) is 16.6 Å². The highest BCUT2D eigenvalue weighted by Gasteiger charge is 2.15. The van der Waals surface area contributed by atoms with Crippen molar-refractivity contribution in [2.45, 2.75) is 19.8 Å². The Morgan fingerprint density at radius 3 is 3.00 bits per heavy atom. The molecular weight excluding hydrogens is 184 g/mol. The Labute approximate surface area is 82.0 Å². The number of rotatable bonds is 5. The number of thiazole rings is 1. The first-order valence-corrected chi connectivity index (χ1v) is 5.27. The van der Waals surface area contributed by atoms with E-state index in [4.69, 9.17) is 5.73 Å². The minimum Gasteiger partial charge on any atom is -0.330 e. The fourth-order valence-corrected chi connectivity index (χ4v) is 1.79. The number of Topliss-reactive ketones (excluding diaryl/α,β-unsaturated/α-hetero) is 1. The van der Waals surface area contributed by atoms with Gasteiger partial charge in [0.1, 0.15) is 5.78 Å². The monoisotopic (exact) mass is 198 g/mol. The first-order chi connectivity index (χ1) is 6.27. The molecule has 0 amide bonds. The molecule has 72 valence electrons. The molecule has 0 fully saturated rings. The van der Waals surface area contributed by atoms with Crippen molar-refractivity contribution in [1.29, 1.82) is 0 Å². The minimum absolute atomic E-state index is 0.00361. The van der Waals surface area contributed by atoms with Gasteiger partial charge in [0.25, 0.3) is 0 Å². The van der Waals surface area contributed by atoms with Crippen molar-refractivity contribution in [3.63, 3.8) is 0 Å². The molecule has 1 aromatic rings. The number of carbonyl (C=O) groups excluding carboxylic acids is 1. The number of hydrogen-bond donors (Lipinski definition) is 1. The molecule has 0 aliphatic carbocycles. The van der Waals surface area contributed by atoms with Crippen molar-refractivity contribution in [1.82, 2.24) is 4.98 Å². The standard InChI is InChI=1S/C9H14N2OS/c1-2-7(6-10)8(12)5-9-11-3-4-13-9/h3-4,7H,2,5-6,10H2,1H3. The fourth-order valence-electron chi connectivity index (χ4n) is 1.16. The van der Waals surface area contributed by atoms with Gasteiger partial charge in [0.2, 0.25) is 0 Å². The molecule has 0 aliphatic heterocycles. The molecule has 0 aliphatic rings. The summed E-state index contributed by atoms with van der Waals surface area (Å²) in [6, 6.07) is 0. The first kappa shape index (κ1) is 10.3. The molecule has 0 saturated carbocycles. The lowest BCUT2D eigenvalue weighted by molar-refractivity contribution is -0.122. The Kier molecular flexibility index (Phi) is 4.05. The highest BCUT2D eigenvalue weighted by Crippen LogP contribution is 2.10. The van der Waals surface area contributed by atoms with Gasteiger partial charge in [-0.15, -0.1) is 11.3 Å². The topological polar surface area (TPSA) is 56.0 Å². The summed E-state index contributed by atoms with van der Waals surface area (Å²) >= 11 is 1.52. The van der Waals surface area contributed by atoms with Crippen LogP contribution in [-0.4, -0.2) is 17.3 Å². The van der Waals surface area contributed by atoms with Crippen LogP contribution in [0.3, 0.4) is 0 Å². The summed E-state index contributed by atoms with van der Waals surface area (Å²) in [5, 5.41) is 2.77. The maximum absolute atomic E-state index is 11.6. The molecule has 2 N–H and O–H groups in total. The fraction of sp³-hybridized carbons (Fsp3) is 0.556. The number of nitrogens with two attached hydrogens (primary N) is 1. The highest BCUT2D eigenvalue weighted by atomic mass is 32.1. The molecule has 0 radical (unpaired) electrons. The van der Waals surface area contributed by atoms with E-state index in [1.54, 1.807) is 6.20 Å². The van der Waals surface area contributed by atoms with Crippen LogP contribution in [0.5, 0.6) is 0 Å². The Balaban J connectivity index is 2.49. The molecular formula is C9H14N2OS. The van der Waals surface area contributed by atoms with Gasteiger partial charge in [-0.2, -0.15) is 0 Å². The lowest BCUT2D eigenvalue weighted by Gasteiger charge is -2.08. The SMILES string of the molecule is CCC(CN)C(=O)Cc1nccs1. The summed E-state index contributed by atoms with van der Waals surface area (Å²) in [7, 11) is 0. The van der Waals surface area contributed by atoms with Crippen molar-refractivity contribution in [2.24, 2.45) is 11.7 Å². The molecule has 4 heteroatoms. The lowest BCUT2D eigenvalue weighted by atomic mass is 9.99. The van der Waals surface area contributed by atoms with E-state index in [-0.39, 0.29) is 11.7 Å². The molecule has 1 heterocycles. The zero-order valence-corrected chi connectivity index (χ0v) is 8.51. The number of nitrogens with zero attached hydrogens (tertiary/aromatic N) is 1. The Morgan fingerprint density at radius 1 is 1.77 bits per heavy atom. The van der Waals surface area contributed by atoms with E-state index < -0.39 is 0 Å². The van der Waals surface area contributed by atoms with E-state index in [1.807, 2.05) is 12.3 Å². The number of ketones is 1. The molecule has 0 spiro atoms. The normalized spacial score (nSPS) is 12.8. The molecule has 13 heavy (non-hydrogen) atoms. The number of hydrogen-bond acceptors (Lipinski definition) is 4. The van der Waals surface area contributed by atoms with Crippen LogP contribution < -0.4 is 5.73 Å². The predicted octanol–water partition coefficient (Wildman–Crippen LogP) is 1.24. The second-order valence-corrected chi connectivity index (χ2v) is 3.89. The summed E-state index contributed by atoms with van der Waals surface area (Å²) in [6.07, 6.45) is 2.98. The predicted molar refractivity (Wildman–Crippen MR) is 53.7 cm³/mol. The van der Waals surface area contributed by atoms with Gasteiger partial charge in [-0.3, -0.25) is 4.79 Å². The Bertz CT molecular complexity index is 255. The van der Waals surface area contributed by atoms with E-state index in [2.05, 4.69) is 4.98 Å². The van der Waals surface area contributed by atoms with Crippen LogP contribution in [0.4, 0.5) is 0 Å². The maximum Gasteiger partial charge on any atom is 0.144 e. The lowest BCUT2D eigenvalue weighted by Crippen LogP contribution is -2.24. The zero-order valence-electron chi connectivity index (χ0n) is 7.69. The molecule has 0 bridgehead atoms. The van der Waals surface area contributed by atoms with Gasteiger partial charge in [0.05, 0.1) is 11.4 Å². The smallest absolute Gasteiger partial charge is 0.144 e. The van der Waals surface area contributed by atoms with Gasteiger partial charge in [-0.05, 0) is 6.42 Å². The highest BCUT2D eigenvalue weighted by molar-refractivity contribution is 7.09. The van der Waals surface area contributed by atoms with Gasteiger partial charge in [-0.25, -0.2) is 4.98 Å². The van der Waals surface area contributed by atoms with Crippen LogP contribution >= 0.6 is 11.3 Å². The second kappa shape index (κ2) is 5.09. The molecule has 0 aromatic carbocycles. The van der Waals surface area contributed by atoms with Gasteiger partial charge >= 0.3 is 0 Å². The van der Waals surface area contributed by atoms with Gasteiger partial charge in [-0.1, -0.05) is 6.92 Å².